The first-order valence-electron chi connectivity index (χ1n) is 11.0. The zero-order valence-corrected chi connectivity index (χ0v) is 21.6. The van der Waals surface area contributed by atoms with Gasteiger partial charge in [-0.25, -0.2) is 13.4 Å². The fourth-order valence-corrected chi connectivity index (χ4v) is 8.83. The zero-order valence-electron chi connectivity index (χ0n) is 18.3. The van der Waals surface area contributed by atoms with Crippen LogP contribution in [0.4, 0.5) is 5.13 Å². The Morgan fingerprint density at radius 3 is 2.67 bits per heavy atom. The van der Waals surface area contributed by atoms with Crippen LogP contribution in [0, 0.1) is 5.92 Å². The van der Waals surface area contributed by atoms with Gasteiger partial charge in [-0.15, -0.1) is 23.1 Å². The molecule has 1 atom stereocenters. The van der Waals surface area contributed by atoms with Gasteiger partial charge < -0.3 is 9.80 Å². The minimum absolute atomic E-state index is 0.0784. The first-order chi connectivity index (χ1) is 16.0. The number of carbonyl (C=O) groups is 1. The van der Waals surface area contributed by atoms with E-state index in [1.54, 1.807) is 40.6 Å². The first kappa shape index (κ1) is 23.1. The van der Waals surface area contributed by atoms with Crippen LogP contribution < -0.4 is 4.90 Å². The Bertz CT molecular complexity index is 1230. The van der Waals surface area contributed by atoms with E-state index in [0.29, 0.717) is 30.3 Å². The van der Waals surface area contributed by atoms with Crippen LogP contribution in [0.2, 0.25) is 0 Å². The second-order valence-electron chi connectivity index (χ2n) is 8.25. The number of amides is 1. The number of sulfonamides is 1. The van der Waals surface area contributed by atoms with E-state index < -0.39 is 10.0 Å². The molecule has 0 N–H and O–H groups in total. The summed E-state index contributed by atoms with van der Waals surface area (Å²) in [5.74, 6) is -0.193. The van der Waals surface area contributed by atoms with Crippen molar-refractivity contribution in [2.24, 2.45) is 5.92 Å². The number of para-hydroxylation sites is 1. The van der Waals surface area contributed by atoms with Gasteiger partial charge in [-0.2, -0.15) is 4.31 Å². The van der Waals surface area contributed by atoms with Crippen LogP contribution in [-0.2, 0) is 14.8 Å². The van der Waals surface area contributed by atoms with Crippen molar-refractivity contribution in [2.75, 3.05) is 50.4 Å². The van der Waals surface area contributed by atoms with Gasteiger partial charge >= 0.3 is 0 Å². The highest BCUT2D eigenvalue weighted by molar-refractivity contribution is 7.98. The molecule has 1 amide bonds. The highest BCUT2D eigenvalue weighted by atomic mass is 32.2. The smallest absolute Gasteiger partial charge is 0.252 e. The normalized spacial score (nSPS) is 20.5. The number of hydrogen-bond acceptors (Lipinski definition) is 8. The predicted octanol–water partition coefficient (Wildman–Crippen LogP) is 3.83. The molecule has 2 fully saturated rings. The number of rotatable bonds is 5. The Morgan fingerprint density at radius 1 is 1.12 bits per heavy atom. The Morgan fingerprint density at radius 2 is 1.94 bits per heavy atom. The number of fused-ring (bicyclic) bond motifs is 1. The van der Waals surface area contributed by atoms with Gasteiger partial charge in [-0.3, -0.25) is 4.79 Å². The van der Waals surface area contributed by atoms with Crippen molar-refractivity contribution in [1.82, 2.24) is 14.2 Å². The molecule has 0 saturated carbocycles. The van der Waals surface area contributed by atoms with Gasteiger partial charge in [0, 0.05) is 44.2 Å². The van der Waals surface area contributed by atoms with Gasteiger partial charge in [0.05, 0.1) is 16.1 Å². The fraction of sp³-hybridized carbons (Fsp3) is 0.455. The molecule has 3 aromatic rings. The van der Waals surface area contributed by atoms with Crippen LogP contribution in [-0.4, -0.2) is 74.0 Å². The van der Waals surface area contributed by atoms with Gasteiger partial charge in [-0.1, -0.05) is 23.5 Å². The second-order valence-corrected chi connectivity index (χ2v) is 13.2. The van der Waals surface area contributed by atoms with E-state index >= 15 is 0 Å². The maximum absolute atomic E-state index is 13.3. The van der Waals surface area contributed by atoms with E-state index in [-0.39, 0.29) is 18.4 Å². The van der Waals surface area contributed by atoms with E-state index in [0.717, 1.165) is 30.2 Å². The SMILES string of the molecule is CSc1cccc2sc(N3CCN(C(=O)C4CCCN(S(=O)(=O)c5cccs5)C4)CC3)nc12. The molecule has 1 aromatic carbocycles. The molecule has 0 spiro atoms. The lowest BCUT2D eigenvalue weighted by Crippen LogP contribution is -2.53. The number of thiophene rings is 1. The lowest BCUT2D eigenvalue weighted by molar-refractivity contribution is -0.137. The molecule has 0 aliphatic carbocycles. The fourth-order valence-electron chi connectivity index (χ4n) is 4.49. The summed E-state index contributed by atoms with van der Waals surface area (Å²) < 4.78 is 28.8. The summed E-state index contributed by atoms with van der Waals surface area (Å²) >= 11 is 4.63. The zero-order chi connectivity index (χ0) is 23.0. The molecule has 33 heavy (non-hydrogen) atoms. The molecule has 2 aromatic heterocycles. The molecular formula is C22H26N4O3S4. The molecule has 0 bridgehead atoms. The van der Waals surface area contributed by atoms with E-state index in [2.05, 4.69) is 29.4 Å². The van der Waals surface area contributed by atoms with Crippen molar-refractivity contribution < 1.29 is 13.2 Å². The van der Waals surface area contributed by atoms with Crippen LogP contribution >= 0.6 is 34.4 Å². The largest absolute Gasteiger partial charge is 0.345 e. The van der Waals surface area contributed by atoms with Crippen molar-refractivity contribution in [3.8, 4) is 0 Å². The Hall–Kier alpha value is -1.66. The monoisotopic (exact) mass is 522 g/mol. The molecule has 2 aliphatic heterocycles. The summed E-state index contributed by atoms with van der Waals surface area (Å²) in [6, 6.07) is 9.65. The molecule has 2 aliphatic rings. The quantitative estimate of drug-likeness (QED) is 0.474. The number of carbonyl (C=O) groups excluding carboxylic acids is 1. The number of nitrogens with zero attached hydrogens (tertiary/aromatic N) is 4. The summed E-state index contributed by atoms with van der Waals surface area (Å²) in [6.45, 7) is 3.51. The van der Waals surface area contributed by atoms with Crippen molar-refractivity contribution in [3.63, 3.8) is 0 Å². The minimum Gasteiger partial charge on any atom is -0.345 e. The molecule has 7 nitrogen and oxygen atoms in total. The number of anilines is 1. The topological polar surface area (TPSA) is 73.8 Å². The second kappa shape index (κ2) is 9.53. The summed E-state index contributed by atoms with van der Waals surface area (Å²) in [5, 5.41) is 2.77. The molecule has 1 unspecified atom stereocenters. The van der Waals surface area contributed by atoms with Gasteiger partial charge in [0.15, 0.2) is 5.13 Å². The Kier molecular flexibility index (Phi) is 6.67. The van der Waals surface area contributed by atoms with E-state index in [1.807, 2.05) is 4.90 Å². The molecule has 5 rings (SSSR count). The maximum atomic E-state index is 13.3. The van der Waals surface area contributed by atoms with Crippen LogP contribution in [0.1, 0.15) is 12.8 Å². The number of aromatic nitrogens is 1. The lowest BCUT2D eigenvalue weighted by atomic mass is 9.98. The Labute approximate surface area is 206 Å². The third-order valence-electron chi connectivity index (χ3n) is 6.28. The maximum Gasteiger partial charge on any atom is 0.252 e. The van der Waals surface area contributed by atoms with E-state index in [9.17, 15) is 13.2 Å². The van der Waals surface area contributed by atoms with E-state index in [4.69, 9.17) is 4.98 Å². The number of hydrogen-bond donors (Lipinski definition) is 0. The van der Waals surface area contributed by atoms with Crippen LogP contribution in [0.15, 0.2) is 44.8 Å². The van der Waals surface area contributed by atoms with Crippen molar-refractivity contribution in [1.29, 1.82) is 0 Å². The molecule has 2 saturated heterocycles. The molecular weight excluding hydrogens is 497 g/mol. The van der Waals surface area contributed by atoms with Crippen molar-refractivity contribution >= 4 is 65.7 Å². The van der Waals surface area contributed by atoms with Gasteiger partial charge in [0.1, 0.15) is 4.21 Å². The highest BCUT2D eigenvalue weighted by Crippen LogP contribution is 2.34. The van der Waals surface area contributed by atoms with Crippen LogP contribution in [0.5, 0.6) is 0 Å². The average molecular weight is 523 g/mol. The lowest BCUT2D eigenvalue weighted by Gasteiger charge is -2.38. The third kappa shape index (κ3) is 4.53. The summed E-state index contributed by atoms with van der Waals surface area (Å²) in [5.41, 5.74) is 1.05. The van der Waals surface area contributed by atoms with Gasteiger partial charge in [-0.05, 0) is 42.7 Å². The first-order valence-corrected chi connectivity index (χ1v) is 15.3. The standard InChI is InChI=1S/C22H26N4O3S4/c1-30-17-6-2-7-18-20(17)23-22(32-18)25-12-10-24(11-13-25)21(27)16-5-3-9-26(15-16)33(28,29)19-8-4-14-31-19/h2,4,6-8,14,16H,3,5,9-13,15H2,1H3. The number of piperidine rings is 1. The minimum atomic E-state index is -3.52. The average Bonchev–Trinajstić information content (AvgIpc) is 3.54. The summed E-state index contributed by atoms with van der Waals surface area (Å²) in [7, 11) is -3.52. The number of thioether (sulfide) groups is 1. The summed E-state index contributed by atoms with van der Waals surface area (Å²) in [4.78, 5) is 23.5. The van der Waals surface area contributed by atoms with E-state index in [1.165, 1.54) is 25.2 Å². The van der Waals surface area contributed by atoms with Crippen LogP contribution in [0.3, 0.4) is 0 Å². The predicted molar refractivity (Wildman–Crippen MR) is 136 cm³/mol. The molecule has 176 valence electrons. The highest BCUT2D eigenvalue weighted by Gasteiger charge is 2.36. The number of thiazole rings is 1. The molecule has 4 heterocycles. The van der Waals surface area contributed by atoms with Crippen molar-refractivity contribution in [3.05, 3.63) is 35.7 Å². The molecule has 11 heteroatoms. The van der Waals surface area contributed by atoms with Crippen molar-refractivity contribution in [2.45, 2.75) is 21.9 Å². The van der Waals surface area contributed by atoms with Crippen LogP contribution in [0.25, 0.3) is 10.2 Å². The number of piperazine rings is 1. The third-order valence-corrected chi connectivity index (χ3v) is 11.4. The molecule has 0 radical (unpaired) electrons. The number of benzene rings is 1. The van der Waals surface area contributed by atoms with Gasteiger partial charge in [0.2, 0.25) is 5.91 Å². The summed E-state index contributed by atoms with van der Waals surface area (Å²) in [6.07, 6.45) is 3.52. The van der Waals surface area contributed by atoms with Gasteiger partial charge in [0.25, 0.3) is 10.0 Å². The Balaban J connectivity index is 1.23.